The number of benzene rings is 2. The van der Waals surface area contributed by atoms with Gasteiger partial charge in [0.05, 0.1) is 9.95 Å². The number of ketones is 1. The summed E-state index contributed by atoms with van der Waals surface area (Å²) in [4.78, 5) is 34.3. The molecule has 0 radical (unpaired) electrons. The van der Waals surface area contributed by atoms with Crippen LogP contribution in [0.25, 0.3) is 11.0 Å². The Balaban J connectivity index is 1.87. The fraction of sp³-hybridized carbons (Fsp3) is 0.158. The van der Waals surface area contributed by atoms with Gasteiger partial charge in [0, 0.05) is 34.7 Å². The van der Waals surface area contributed by atoms with Crippen LogP contribution in [0.3, 0.4) is 0 Å². The lowest BCUT2D eigenvalue weighted by Crippen LogP contribution is -2.12. The Morgan fingerprint density at radius 1 is 1.22 bits per heavy atom. The number of non-ortho nitro benzene ring substituents is 1. The van der Waals surface area contributed by atoms with Crippen molar-refractivity contribution < 1.29 is 18.9 Å². The van der Waals surface area contributed by atoms with Crippen LogP contribution in [-0.2, 0) is 0 Å². The number of nitro benzene ring substituents is 1. The van der Waals surface area contributed by atoms with Gasteiger partial charge >= 0.3 is 5.63 Å². The van der Waals surface area contributed by atoms with Gasteiger partial charge in [-0.05, 0) is 25.5 Å². The summed E-state index contributed by atoms with van der Waals surface area (Å²) in [5.74, 6) is -0.272. The van der Waals surface area contributed by atoms with Crippen molar-refractivity contribution in [2.75, 3.05) is 6.61 Å². The van der Waals surface area contributed by atoms with Gasteiger partial charge in [-0.2, -0.15) is 0 Å². The van der Waals surface area contributed by atoms with Crippen LogP contribution in [-0.4, -0.2) is 17.3 Å². The number of halogens is 1. The van der Waals surface area contributed by atoms with Crippen molar-refractivity contribution in [3.8, 4) is 5.75 Å². The third kappa shape index (κ3) is 3.68. The standard InChI is InChI=1S/C19H14ClNO6/c1-10-11(2)19(23)27-17-8-18(15(20)7-14(10)17)26-9-16(22)12-4-3-5-13(6-12)21(24)25/h3-8H,9H2,1-2H3. The van der Waals surface area contributed by atoms with Crippen LogP contribution < -0.4 is 10.4 Å². The van der Waals surface area contributed by atoms with E-state index in [1.165, 1.54) is 30.3 Å². The molecule has 0 fully saturated rings. The van der Waals surface area contributed by atoms with Gasteiger partial charge in [-0.3, -0.25) is 14.9 Å². The maximum absolute atomic E-state index is 12.3. The maximum Gasteiger partial charge on any atom is 0.339 e. The molecule has 0 aliphatic rings. The highest BCUT2D eigenvalue weighted by atomic mass is 35.5. The van der Waals surface area contributed by atoms with Crippen molar-refractivity contribution in [2.24, 2.45) is 0 Å². The highest BCUT2D eigenvalue weighted by Crippen LogP contribution is 2.32. The fourth-order valence-corrected chi connectivity index (χ4v) is 2.79. The summed E-state index contributed by atoms with van der Waals surface area (Å²) in [6.07, 6.45) is 0. The van der Waals surface area contributed by atoms with Crippen LogP contribution in [0.5, 0.6) is 5.75 Å². The number of aryl methyl sites for hydroxylation is 1. The van der Waals surface area contributed by atoms with E-state index in [0.29, 0.717) is 16.5 Å². The zero-order chi connectivity index (χ0) is 19.7. The molecule has 1 aromatic heterocycles. The average Bonchev–Trinajstić information content (AvgIpc) is 2.65. The highest BCUT2D eigenvalue weighted by Gasteiger charge is 2.15. The third-order valence-electron chi connectivity index (χ3n) is 4.25. The summed E-state index contributed by atoms with van der Waals surface area (Å²) < 4.78 is 10.7. The molecule has 2 aromatic carbocycles. The number of Topliss-reactive ketones (excluding diaryl/α,β-unsaturated/α-hetero) is 1. The molecular formula is C19H14ClNO6. The van der Waals surface area contributed by atoms with E-state index in [2.05, 4.69) is 0 Å². The van der Waals surface area contributed by atoms with Crippen molar-refractivity contribution >= 4 is 34.0 Å². The summed E-state index contributed by atoms with van der Waals surface area (Å²) in [6.45, 7) is 3.08. The molecule has 0 atom stereocenters. The lowest BCUT2D eigenvalue weighted by molar-refractivity contribution is -0.384. The second-order valence-electron chi connectivity index (χ2n) is 5.94. The Kier molecular flexibility index (Phi) is 4.96. The number of hydrogen-bond donors (Lipinski definition) is 0. The molecule has 8 heteroatoms. The van der Waals surface area contributed by atoms with Crippen LogP contribution in [0.1, 0.15) is 21.5 Å². The smallest absolute Gasteiger partial charge is 0.339 e. The van der Waals surface area contributed by atoms with Crippen LogP contribution in [0, 0.1) is 24.0 Å². The number of nitrogens with zero attached hydrogens (tertiary/aromatic N) is 1. The fourth-order valence-electron chi connectivity index (χ4n) is 2.57. The van der Waals surface area contributed by atoms with Crippen LogP contribution in [0.15, 0.2) is 45.6 Å². The molecule has 0 bridgehead atoms. The van der Waals surface area contributed by atoms with Crippen molar-refractivity contribution in [3.05, 3.63) is 78.6 Å². The lowest BCUT2D eigenvalue weighted by Gasteiger charge is -2.10. The second-order valence-corrected chi connectivity index (χ2v) is 6.34. The van der Waals surface area contributed by atoms with Crippen LogP contribution >= 0.6 is 11.6 Å². The summed E-state index contributed by atoms with van der Waals surface area (Å²) >= 11 is 6.22. The zero-order valence-electron chi connectivity index (χ0n) is 14.4. The minimum atomic E-state index is -0.579. The number of rotatable bonds is 5. The van der Waals surface area contributed by atoms with Crippen molar-refractivity contribution in [1.29, 1.82) is 0 Å². The largest absolute Gasteiger partial charge is 0.484 e. The Morgan fingerprint density at radius 3 is 2.67 bits per heavy atom. The van der Waals surface area contributed by atoms with E-state index < -0.39 is 16.3 Å². The Hall–Kier alpha value is -3.19. The van der Waals surface area contributed by atoms with E-state index in [4.69, 9.17) is 20.8 Å². The number of carbonyl (C=O) groups is 1. The van der Waals surface area contributed by atoms with Gasteiger partial charge in [0.15, 0.2) is 12.4 Å². The van der Waals surface area contributed by atoms with E-state index >= 15 is 0 Å². The van der Waals surface area contributed by atoms with Crippen molar-refractivity contribution in [1.82, 2.24) is 0 Å². The van der Waals surface area contributed by atoms with E-state index in [9.17, 15) is 19.7 Å². The van der Waals surface area contributed by atoms with Gasteiger partial charge in [0.25, 0.3) is 5.69 Å². The summed E-state index contributed by atoms with van der Waals surface area (Å²) in [7, 11) is 0. The number of fused-ring (bicyclic) bond motifs is 1. The summed E-state index contributed by atoms with van der Waals surface area (Å²) in [5.41, 5.74) is 1.05. The molecule has 0 amide bonds. The van der Waals surface area contributed by atoms with E-state index in [0.717, 1.165) is 5.56 Å². The van der Waals surface area contributed by atoms with Gasteiger partial charge < -0.3 is 9.15 Å². The predicted octanol–water partition coefficient (Wildman–Crippen LogP) is 4.23. The van der Waals surface area contributed by atoms with Gasteiger partial charge in [0.1, 0.15) is 11.3 Å². The molecular weight excluding hydrogens is 374 g/mol. The molecule has 0 saturated carbocycles. The third-order valence-corrected chi connectivity index (χ3v) is 4.54. The monoisotopic (exact) mass is 387 g/mol. The Bertz CT molecular complexity index is 1130. The minimum absolute atomic E-state index is 0.152. The quantitative estimate of drug-likeness (QED) is 0.281. The first-order chi connectivity index (χ1) is 12.8. The number of carbonyl (C=O) groups excluding carboxylic acids is 1. The topological polar surface area (TPSA) is 99.7 Å². The first-order valence-corrected chi connectivity index (χ1v) is 8.29. The molecule has 0 N–H and O–H groups in total. The molecule has 7 nitrogen and oxygen atoms in total. The van der Waals surface area contributed by atoms with Crippen molar-refractivity contribution in [3.63, 3.8) is 0 Å². The zero-order valence-corrected chi connectivity index (χ0v) is 15.2. The normalized spacial score (nSPS) is 10.8. The first kappa shape index (κ1) is 18.6. The molecule has 3 aromatic rings. The number of nitro groups is 1. The van der Waals surface area contributed by atoms with E-state index in [1.807, 2.05) is 0 Å². The maximum atomic E-state index is 12.3. The predicted molar refractivity (Wildman–Crippen MR) is 99.9 cm³/mol. The van der Waals surface area contributed by atoms with Gasteiger partial charge in [-0.25, -0.2) is 4.79 Å². The van der Waals surface area contributed by atoms with Crippen LogP contribution in [0.2, 0.25) is 5.02 Å². The molecule has 0 unspecified atom stereocenters. The molecule has 0 spiro atoms. The Morgan fingerprint density at radius 2 is 1.96 bits per heavy atom. The highest BCUT2D eigenvalue weighted by molar-refractivity contribution is 6.32. The lowest BCUT2D eigenvalue weighted by atomic mass is 10.1. The van der Waals surface area contributed by atoms with E-state index in [-0.39, 0.29) is 28.6 Å². The summed E-state index contributed by atoms with van der Waals surface area (Å²) in [5, 5.41) is 11.7. The minimum Gasteiger partial charge on any atom is -0.484 e. The number of hydrogen-bond acceptors (Lipinski definition) is 6. The molecule has 0 aliphatic carbocycles. The Labute approximate surface area is 158 Å². The van der Waals surface area contributed by atoms with Gasteiger partial charge in [-0.1, -0.05) is 23.7 Å². The molecule has 0 saturated heterocycles. The molecule has 1 heterocycles. The van der Waals surface area contributed by atoms with Gasteiger partial charge in [0.2, 0.25) is 0 Å². The van der Waals surface area contributed by atoms with Crippen LogP contribution in [0.4, 0.5) is 5.69 Å². The first-order valence-electron chi connectivity index (χ1n) is 7.92. The van der Waals surface area contributed by atoms with E-state index in [1.54, 1.807) is 19.9 Å². The molecule has 138 valence electrons. The SMILES string of the molecule is Cc1c(C)c2cc(Cl)c(OCC(=O)c3cccc([N+](=O)[O-])c3)cc2oc1=O. The second kappa shape index (κ2) is 7.20. The molecule has 3 rings (SSSR count). The average molecular weight is 388 g/mol. The van der Waals surface area contributed by atoms with Crippen molar-refractivity contribution in [2.45, 2.75) is 13.8 Å². The van der Waals surface area contributed by atoms with Gasteiger partial charge in [-0.15, -0.1) is 0 Å². The summed E-state index contributed by atoms with van der Waals surface area (Å²) in [6, 6.07) is 8.42. The number of ether oxygens (including phenoxy) is 1. The molecule has 0 aliphatic heterocycles. The molecule has 27 heavy (non-hydrogen) atoms.